The summed E-state index contributed by atoms with van der Waals surface area (Å²) in [6, 6.07) is 4.25. The van der Waals surface area contributed by atoms with Crippen molar-refractivity contribution in [1.82, 2.24) is 10.6 Å². The molecule has 1 aromatic heterocycles. The first-order valence-electron chi connectivity index (χ1n) is 7.43. The third-order valence-electron chi connectivity index (χ3n) is 3.15. The number of rotatable bonds is 6. The number of nitrogens with one attached hydrogen (secondary N) is 2. The number of halogens is 1. The molecule has 0 aliphatic carbocycles. The van der Waals surface area contributed by atoms with Gasteiger partial charge in [-0.15, -0.1) is 24.0 Å². The first-order chi connectivity index (χ1) is 9.74. The number of furan rings is 1. The van der Waals surface area contributed by atoms with Gasteiger partial charge in [-0.05, 0) is 38.8 Å². The number of hydrogen-bond acceptors (Lipinski definition) is 3. The van der Waals surface area contributed by atoms with Crippen molar-refractivity contribution in [2.24, 2.45) is 4.99 Å². The summed E-state index contributed by atoms with van der Waals surface area (Å²) in [7, 11) is 0. The van der Waals surface area contributed by atoms with E-state index >= 15 is 0 Å². The zero-order valence-electron chi connectivity index (χ0n) is 12.8. The molecular formula is C15H26IN3O2. The van der Waals surface area contributed by atoms with Crippen LogP contribution >= 0.6 is 24.0 Å². The Kier molecular flexibility index (Phi) is 8.75. The van der Waals surface area contributed by atoms with Gasteiger partial charge >= 0.3 is 0 Å². The Balaban J connectivity index is 0.00000220. The maximum absolute atomic E-state index is 5.59. The molecule has 0 amide bonds. The van der Waals surface area contributed by atoms with Gasteiger partial charge in [0.1, 0.15) is 5.76 Å². The molecule has 6 heteroatoms. The van der Waals surface area contributed by atoms with Crippen LogP contribution < -0.4 is 10.6 Å². The van der Waals surface area contributed by atoms with Crippen LogP contribution in [0.1, 0.15) is 32.4 Å². The van der Waals surface area contributed by atoms with Crippen LogP contribution in [0, 0.1) is 0 Å². The van der Waals surface area contributed by atoms with E-state index in [0.29, 0.717) is 6.04 Å². The van der Waals surface area contributed by atoms with Crippen LogP contribution in [0.15, 0.2) is 27.8 Å². The number of hydrogen-bond donors (Lipinski definition) is 2. The topological polar surface area (TPSA) is 58.8 Å². The lowest BCUT2D eigenvalue weighted by Crippen LogP contribution is -2.42. The molecular weight excluding hydrogens is 381 g/mol. The third-order valence-corrected chi connectivity index (χ3v) is 3.15. The van der Waals surface area contributed by atoms with Crippen molar-refractivity contribution in [2.75, 3.05) is 19.7 Å². The summed E-state index contributed by atoms with van der Waals surface area (Å²) < 4.78 is 10.9. The van der Waals surface area contributed by atoms with Crippen LogP contribution in [0.3, 0.4) is 0 Å². The molecule has 1 atom stereocenters. The Bertz CT molecular complexity index is 401. The fraction of sp³-hybridized carbons (Fsp3) is 0.667. The molecule has 0 radical (unpaired) electrons. The Morgan fingerprint density at radius 1 is 1.48 bits per heavy atom. The zero-order valence-corrected chi connectivity index (χ0v) is 15.1. The Morgan fingerprint density at radius 3 is 2.95 bits per heavy atom. The minimum Gasteiger partial charge on any atom is -0.469 e. The maximum atomic E-state index is 5.59. The van der Waals surface area contributed by atoms with Crippen LogP contribution in [0.4, 0.5) is 0 Å². The second kappa shape index (κ2) is 10.0. The molecule has 0 bridgehead atoms. The monoisotopic (exact) mass is 407 g/mol. The standard InChI is InChI=1S/C15H25N3O2.HI/c1-12(2)18-15(17-11-14-6-4-10-20-14)16-8-7-13-5-3-9-19-13;/h3,5,9,12,14H,4,6-8,10-11H2,1-2H3,(H2,16,17,18);1H. The molecule has 5 nitrogen and oxygen atoms in total. The largest absolute Gasteiger partial charge is 0.469 e. The van der Waals surface area contributed by atoms with Gasteiger partial charge < -0.3 is 19.8 Å². The average Bonchev–Trinajstić information content (AvgIpc) is 3.08. The second-order valence-corrected chi connectivity index (χ2v) is 5.38. The number of ether oxygens (including phenoxy) is 1. The third kappa shape index (κ3) is 7.17. The summed E-state index contributed by atoms with van der Waals surface area (Å²) in [6.07, 6.45) is 5.11. The molecule has 21 heavy (non-hydrogen) atoms. The number of guanidine groups is 1. The fourth-order valence-corrected chi connectivity index (χ4v) is 2.17. The molecule has 0 aromatic carbocycles. The molecule has 1 unspecified atom stereocenters. The Hall–Kier alpha value is -0.760. The smallest absolute Gasteiger partial charge is 0.191 e. The molecule has 0 saturated carbocycles. The minimum atomic E-state index is 0. The lowest BCUT2D eigenvalue weighted by Gasteiger charge is -2.16. The molecule has 2 heterocycles. The highest BCUT2D eigenvalue weighted by Gasteiger charge is 2.15. The van der Waals surface area contributed by atoms with Crippen molar-refractivity contribution in [3.63, 3.8) is 0 Å². The van der Waals surface area contributed by atoms with Crippen LogP contribution in [-0.4, -0.2) is 37.8 Å². The van der Waals surface area contributed by atoms with E-state index in [9.17, 15) is 0 Å². The second-order valence-electron chi connectivity index (χ2n) is 5.38. The molecule has 2 rings (SSSR count). The summed E-state index contributed by atoms with van der Waals surface area (Å²) in [6.45, 7) is 6.62. The van der Waals surface area contributed by atoms with E-state index in [-0.39, 0.29) is 30.1 Å². The lowest BCUT2D eigenvalue weighted by molar-refractivity contribution is 0.117. The molecule has 1 aliphatic heterocycles. The lowest BCUT2D eigenvalue weighted by atomic mass is 10.2. The van der Waals surface area contributed by atoms with E-state index in [4.69, 9.17) is 9.15 Å². The minimum absolute atomic E-state index is 0. The van der Waals surface area contributed by atoms with Crippen LogP contribution in [0.25, 0.3) is 0 Å². The quantitative estimate of drug-likeness (QED) is 0.433. The fourth-order valence-electron chi connectivity index (χ4n) is 2.17. The summed E-state index contributed by atoms with van der Waals surface area (Å²) in [5.74, 6) is 1.84. The molecule has 1 aliphatic rings. The molecule has 1 aromatic rings. The van der Waals surface area contributed by atoms with Gasteiger partial charge in [-0.2, -0.15) is 0 Å². The summed E-state index contributed by atoms with van der Waals surface area (Å²) >= 11 is 0. The predicted molar refractivity (Wildman–Crippen MR) is 95.4 cm³/mol. The normalized spacial score (nSPS) is 18.6. The van der Waals surface area contributed by atoms with Crippen molar-refractivity contribution in [1.29, 1.82) is 0 Å². The Labute approximate surface area is 143 Å². The van der Waals surface area contributed by atoms with Gasteiger partial charge in [0, 0.05) is 25.6 Å². The van der Waals surface area contributed by atoms with Gasteiger partial charge in [-0.25, -0.2) is 0 Å². The van der Waals surface area contributed by atoms with E-state index in [0.717, 1.165) is 50.7 Å². The van der Waals surface area contributed by atoms with Crippen molar-refractivity contribution in [2.45, 2.75) is 45.3 Å². The van der Waals surface area contributed by atoms with Gasteiger partial charge in [0.25, 0.3) is 0 Å². The summed E-state index contributed by atoms with van der Waals surface area (Å²) in [5.41, 5.74) is 0. The molecule has 2 N–H and O–H groups in total. The highest BCUT2D eigenvalue weighted by Crippen LogP contribution is 2.11. The van der Waals surface area contributed by atoms with Gasteiger partial charge in [0.2, 0.25) is 0 Å². The molecule has 1 saturated heterocycles. The van der Waals surface area contributed by atoms with E-state index in [2.05, 4.69) is 29.5 Å². The number of nitrogens with zero attached hydrogens (tertiary/aromatic N) is 1. The highest BCUT2D eigenvalue weighted by atomic mass is 127. The van der Waals surface area contributed by atoms with E-state index in [1.807, 2.05) is 12.1 Å². The van der Waals surface area contributed by atoms with Crippen molar-refractivity contribution >= 4 is 29.9 Å². The van der Waals surface area contributed by atoms with Gasteiger partial charge in [-0.1, -0.05) is 0 Å². The first kappa shape index (κ1) is 18.3. The van der Waals surface area contributed by atoms with Crippen LogP contribution in [0.2, 0.25) is 0 Å². The average molecular weight is 407 g/mol. The first-order valence-corrected chi connectivity index (χ1v) is 7.43. The summed E-state index contributed by atoms with van der Waals surface area (Å²) in [4.78, 5) is 4.60. The van der Waals surface area contributed by atoms with Crippen molar-refractivity contribution in [3.05, 3.63) is 24.2 Å². The zero-order chi connectivity index (χ0) is 14.2. The van der Waals surface area contributed by atoms with Crippen molar-refractivity contribution in [3.8, 4) is 0 Å². The molecule has 1 fully saturated rings. The highest BCUT2D eigenvalue weighted by molar-refractivity contribution is 14.0. The van der Waals surface area contributed by atoms with Crippen LogP contribution in [-0.2, 0) is 11.2 Å². The SMILES string of the molecule is CC(C)NC(=NCC1CCCO1)NCCc1ccco1.I. The maximum Gasteiger partial charge on any atom is 0.191 e. The van der Waals surface area contributed by atoms with Gasteiger partial charge in [0.15, 0.2) is 5.96 Å². The molecule has 0 spiro atoms. The molecule has 120 valence electrons. The van der Waals surface area contributed by atoms with E-state index in [1.165, 1.54) is 0 Å². The van der Waals surface area contributed by atoms with Crippen molar-refractivity contribution < 1.29 is 9.15 Å². The number of aliphatic imine (C=N–C) groups is 1. The Morgan fingerprint density at radius 2 is 2.33 bits per heavy atom. The predicted octanol–water partition coefficient (Wildman–Crippen LogP) is 2.56. The van der Waals surface area contributed by atoms with Gasteiger partial charge in [0.05, 0.1) is 18.9 Å². The van der Waals surface area contributed by atoms with E-state index < -0.39 is 0 Å². The van der Waals surface area contributed by atoms with Crippen LogP contribution in [0.5, 0.6) is 0 Å². The van der Waals surface area contributed by atoms with Gasteiger partial charge in [-0.3, -0.25) is 4.99 Å². The summed E-state index contributed by atoms with van der Waals surface area (Å²) in [5, 5.41) is 6.67. The van der Waals surface area contributed by atoms with E-state index in [1.54, 1.807) is 6.26 Å².